The number of amides is 1. The number of halogens is 1. The molecule has 0 radical (unpaired) electrons. The molecule has 0 bridgehead atoms. The standard InChI is InChI=1S/C24H23FN6O5/c1-33-19-12-15(18(13-20(19)34-2)31-26-9-10-27-31)24(32)30-11-5-8-17(30)23-28-22(29-36-23)14-6-4-7-16(25)21(14)35-3/h4,6-7,9-10,12-13,17H,5,8,11H2,1-3H3. The normalized spacial score (nSPS) is 15.2. The number of methoxy groups -OCH3 is 3. The maximum absolute atomic E-state index is 14.2. The molecular formula is C24H23FN6O5. The first-order valence-corrected chi connectivity index (χ1v) is 11.2. The first-order valence-electron chi connectivity index (χ1n) is 11.2. The summed E-state index contributed by atoms with van der Waals surface area (Å²) in [5, 5.41) is 12.4. The van der Waals surface area contributed by atoms with Gasteiger partial charge in [-0.05, 0) is 31.0 Å². The van der Waals surface area contributed by atoms with E-state index in [2.05, 4.69) is 20.3 Å². The summed E-state index contributed by atoms with van der Waals surface area (Å²) in [4.78, 5) is 21.3. The Labute approximate surface area is 205 Å². The third kappa shape index (κ3) is 4.00. The quantitative estimate of drug-likeness (QED) is 0.381. The van der Waals surface area contributed by atoms with Crippen LogP contribution < -0.4 is 14.2 Å². The topological polar surface area (TPSA) is 118 Å². The zero-order chi connectivity index (χ0) is 25.2. The van der Waals surface area contributed by atoms with Gasteiger partial charge in [0.1, 0.15) is 11.7 Å². The van der Waals surface area contributed by atoms with E-state index < -0.39 is 11.9 Å². The van der Waals surface area contributed by atoms with E-state index in [-0.39, 0.29) is 23.4 Å². The number of nitrogens with zero attached hydrogens (tertiary/aromatic N) is 6. The zero-order valence-corrected chi connectivity index (χ0v) is 19.8. The third-order valence-corrected chi connectivity index (χ3v) is 6.02. The second-order valence-electron chi connectivity index (χ2n) is 7.98. The Morgan fingerprint density at radius 1 is 1.08 bits per heavy atom. The molecule has 1 aliphatic rings. The van der Waals surface area contributed by atoms with E-state index in [1.165, 1.54) is 50.7 Å². The summed E-state index contributed by atoms with van der Waals surface area (Å²) in [6, 6.07) is 7.25. The molecule has 0 spiro atoms. The second kappa shape index (κ2) is 9.64. The molecule has 0 N–H and O–H groups in total. The first kappa shape index (κ1) is 23.3. The molecule has 186 valence electrons. The minimum atomic E-state index is -0.535. The molecule has 11 nitrogen and oxygen atoms in total. The van der Waals surface area contributed by atoms with Gasteiger partial charge in [0.15, 0.2) is 23.1 Å². The molecule has 2 aromatic heterocycles. The van der Waals surface area contributed by atoms with E-state index in [0.29, 0.717) is 41.3 Å². The second-order valence-corrected chi connectivity index (χ2v) is 7.98. The number of aromatic nitrogens is 5. The minimum absolute atomic E-state index is 0.0193. The molecule has 2 aromatic carbocycles. The molecule has 1 fully saturated rings. The number of para-hydroxylation sites is 1. The Balaban J connectivity index is 1.51. The Hall–Kier alpha value is -4.48. The lowest BCUT2D eigenvalue weighted by atomic mass is 10.1. The lowest BCUT2D eigenvalue weighted by Gasteiger charge is -2.23. The fourth-order valence-corrected chi connectivity index (χ4v) is 4.34. The zero-order valence-electron chi connectivity index (χ0n) is 19.8. The van der Waals surface area contributed by atoms with Gasteiger partial charge in [0.2, 0.25) is 11.7 Å². The highest BCUT2D eigenvalue weighted by atomic mass is 19.1. The lowest BCUT2D eigenvalue weighted by Crippen LogP contribution is -2.31. The molecule has 5 rings (SSSR count). The number of carbonyl (C=O) groups is 1. The molecule has 36 heavy (non-hydrogen) atoms. The number of carbonyl (C=O) groups excluding carboxylic acids is 1. The number of hydrogen-bond acceptors (Lipinski definition) is 9. The van der Waals surface area contributed by atoms with Crippen molar-refractivity contribution in [2.24, 2.45) is 0 Å². The van der Waals surface area contributed by atoms with E-state index >= 15 is 0 Å². The lowest BCUT2D eigenvalue weighted by molar-refractivity contribution is 0.0709. The van der Waals surface area contributed by atoms with Crippen LogP contribution in [0.15, 0.2) is 47.2 Å². The summed E-state index contributed by atoms with van der Waals surface area (Å²) in [6.07, 6.45) is 4.39. The number of hydrogen-bond donors (Lipinski definition) is 0. The Kier molecular flexibility index (Phi) is 6.23. The van der Waals surface area contributed by atoms with Crippen molar-refractivity contribution >= 4 is 5.91 Å². The number of benzene rings is 2. The fourth-order valence-electron chi connectivity index (χ4n) is 4.34. The van der Waals surface area contributed by atoms with Crippen molar-refractivity contribution in [3.05, 3.63) is 60.0 Å². The van der Waals surface area contributed by atoms with Gasteiger partial charge in [-0.1, -0.05) is 11.2 Å². The van der Waals surface area contributed by atoms with Gasteiger partial charge in [-0.15, -0.1) is 0 Å². The first-order chi connectivity index (χ1) is 17.5. The molecule has 1 atom stereocenters. The number of rotatable bonds is 7. The largest absolute Gasteiger partial charge is 0.493 e. The Morgan fingerprint density at radius 2 is 1.83 bits per heavy atom. The SMILES string of the molecule is COc1cc(C(=O)N2CCCC2c2nc(-c3cccc(F)c3OC)no2)c(-n2nccn2)cc1OC. The number of likely N-dealkylation sites (tertiary alicyclic amines) is 1. The van der Waals surface area contributed by atoms with Crippen LogP contribution in [-0.2, 0) is 0 Å². The van der Waals surface area contributed by atoms with Crippen LogP contribution in [0.2, 0.25) is 0 Å². The van der Waals surface area contributed by atoms with Gasteiger partial charge in [0.25, 0.3) is 5.91 Å². The average Bonchev–Trinajstić information content (AvgIpc) is 3.68. The highest BCUT2D eigenvalue weighted by molar-refractivity contribution is 5.99. The van der Waals surface area contributed by atoms with Crippen molar-refractivity contribution < 1.29 is 27.9 Å². The summed E-state index contributed by atoms with van der Waals surface area (Å²) in [7, 11) is 4.38. The van der Waals surface area contributed by atoms with Crippen LogP contribution >= 0.6 is 0 Å². The van der Waals surface area contributed by atoms with Crippen molar-refractivity contribution in [2.75, 3.05) is 27.9 Å². The summed E-state index contributed by atoms with van der Waals surface area (Å²) in [6.45, 7) is 0.477. The molecule has 1 unspecified atom stereocenters. The Bertz CT molecular complexity index is 1390. The highest BCUT2D eigenvalue weighted by Gasteiger charge is 2.36. The van der Waals surface area contributed by atoms with Crippen molar-refractivity contribution in [3.8, 4) is 34.3 Å². The highest BCUT2D eigenvalue weighted by Crippen LogP contribution is 2.38. The predicted molar refractivity (Wildman–Crippen MR) is 124 cm³/mol. The smallest absolute Gasteiger partial charge is 0.256 e. The van der Waals surface area contributed by atoms with E-state index in [4.69, 9.17) is 18.7 Å². The molecular weight excluding hydrogens is 471 g/mol. The molecule has 3 heterocycles. The maximum atomic E-state index is 14.2. The molecule has 12 heteroatoms. The van der Waals surface area contributed by atoms with Gasteiger partial charge < -0.3 is 23.6 Å². The van der Waals surface area contributed by atoms with Gasteiger partial charge in [-0.25, -0.2) is 4.39 Å². The van der Waals surface area contributed by atoms with Crippen molar-refractivity contribution in [3.63, 3.8) is 0 Å². The molecule has 0 aliphatic carbocycles. The third-order valence-electron chi connectivity index (χ3n) is 6.02. The summed E-state index contributed by atoms with van der Waals surface area (Å²) < 4.78 is 35.7. The summed E-state index contributed by atoms with van der Waals surface area (Å²) in [5.41, 5.74) is 1.11. The molecule has 1 saturated heterocycles. The minimum Gasteiger partial charge on any atom is -0.493 e. The molecule has 0 saturated carbocycles. The number of ether oxygens (including phenoxy) is 3. The van der Waals surface area contributed by atoms with Gasteiger partial charge in [0.05, 0.1) is 44.8 Å². The molecule has 1 amide bonds. The van der Waals surface area contributed by atoms with Crippen LogP contribution in [0, 0.1) is 5.82 Å². The summed E-state index contributed by atoms with van der Waals surface area (Å²) >= 11 is 0. The van der Waals surface area contributed by atoms with Crippen LogP contribution in [0.3, 0.4) is 0 Å². The molecule has 4 aromatic rings. The summed E-state index contributed by atoms with van der Waals surface area (Å²) in [5.74, 6) is 0.456. The Morgan fingerprint density at radius 3 is 2.56 bits per heavy atom. The maximum Gasteiger partial charge on any atom is 0.256 e. The van der Waals surface area contributed by atoms with E-state index in [0.717, 1.165) is 6.42 Å². The van der Waals surface area contributed by atoms with E-state index in [9.17, 15) is 9.18 Å². The monoisotopic (exact) mass is 494 g/mol. The van der Waals surface area contributed by atoms with Crippen LogP contribution in [0.25, 0.3) is 17.1 Å². The van der Waals surface area contributed by atoms with Gasteiger partial charge in [-0.2, -0.15) is 20.0 Å². The molecule has 1 aliphatic heterocycles. The van der Waals surface area contributed by atoms with Crippen LogP contribution in [0.4, 0.5) is 4.39 Å². The van der Waals surface area contributed by atoms with Crippen molar-refractivity contribution in [2.45, 2.75) is 18.9 Å². The van der Waals surface area contributed by atoms with E-state index in [1.807, 2.05) is 0 Å². The van der Waals surface area contributed by atoms with Gasteiger partial charge >= 0.3 is 0 Å². The van der Waals surface area contributed by atoms with Crippen molar-refractivity contribution in [1.29, 1.82) is 0 Å². The fraction of sp³-hybridized carbons (Fsp3) is 0.292. The van der Waals surface area contributed by atoms with Crippen LogP contribution in [0.1, 0.15) is 35.1 Å². The van der Waals surface area contributed by atoms with Crippen molar-refractivity contribution in [1.82, 2.24) is 30.0 Å². The predicted octanol–water partition coefficient (Wildman–Crippen LogP) is 3.46. The average molecular weight is 494 g/mol. The van der Waals surface area contributed by atoms with Crippen LogP contribution in [0.5, 0.6) is 17.2 Å². The van der Waals surface area contributed by atoms with Crippen LogP contribution in [-0.4, -0.2) is 63.8 Å². The van der Waals surface area contributed by atoms with Gasteiger partial charge in [-0.3, -0.25) is 4.79 Å². The van der Waals surface area contributed by atoms with Gasteiger partial charge in [0, 0.05) is 12.6 Å². The van der Waals surface area contributed by atoms with E-state index in [1.54, 1.807) is 23.1 Å².